The summed E-state index contributed by atoms with van der Waals surface area (Å²) in [6, 6.07) is 13.0. The maximum atomic E-state index is 10.9. The van der Waals surface area contributed by atoms with Crippen LogP contribution in [0.3, 0.4) is 0 Å². The first-order chi connectivity index (χ1) is 8.70. The highest BCUT2D eigenvalue weighted by atomic mass is 16.5. The van der Waals surface area contributed by atoms with E-state index in [1.807, 2.05) is 42.5 Å². The number of fused-ring (bicyclic) bond motifs is 1. The second kappa shape index (κ2) is 5.48. The molecule has 0 atom stereocenters. The molecule has 0 bridgehead atoms. The zero-order chi connectivity index (χ0) is 13.0. The number of nitrogens with one attached hydrogen (secondary N) is 1. The molecule has 0 aliphatic carbocycles. The number of hydrogen-bond donors (Lipinski definition) is 3. The number of hydroxylamine groups is 3. The maximum absolute atomic E-state index is 10.9. The van der Waals surface area contributed by atoms with Gasteiger partial charge < -0.3 is 0 Å². The van der Waals surface area contributed by atoms with Gasteiger partial charge in [-0.05, 0) is 22.8 Å². The molecular formula is C13H14N2O3. The van der Waals surface area contributed by atoms with Crippen LogP contribution in [-0.4, -0.2) is 28.1 Å². The molecule has 0 aliphatic rings. The highest BCUT2D eigenvalue weighted by molar-refractivity contribution is 5.83. The Morgan fingerprint density at radius 3 is 2.61 bits per heavy atom. The van der Waals surface area contributed by atoms with Gasteiger partial charge in [-0.15, -0.1) is 0 Å². The Bertz CT molecular complexity index is 557. The molecule has 94 valence electrons. The number of carbonyl (C=O) groups excluding carboxylic acids is 1. The molecule has 0 spiro atoms. The van der Waals surface area contributed by atoms with E-state index in [1.165, 1.54) is 5.48 Å². The Labute approximate surface area is 104 Å². The van der Waals surface area contributed by atoms with Gasteiger partial charge in [0.25, 0.3) is 0 Å². The first-order valence-electron chi connectivity index (χ1n) is 5.59. The molecule has 2 amide bonds. The van der Waals surface area contributed by atoms with Gasteiger partial charge in [0.15, 0.2) is 0 Å². The number of carbonyl (C=O) groups is 1. The SMILES string of the molecule is O=C(NO)N(O)CCc1ccc2ccccc2c1. The van der Waals surface area contributed by atoms with Crippen LogP contribution in [0.15, 0.2) is 42.5 Å². The van der Waals surface area contributed by atoms with E-state index in [4.69, 9.17) is 5.21 Å². The smallest absolute Gasteiger partial charge is 0.287 e. The number of urea groups is 1. The standard InChI is InChI=1S/C13H14N2O3/c16-13(14-17)15(18)8-7-10-5-6-11-3-1-2-4-12(11)9-10/h1-6,9,17-18H,7-8H2,(H,14,16). The zero-order valence-electron chi connectivity index (χ0n) is 9.71. The molecule has 0 unspecified atom stereocenters. The van der Waals surface area contributed by atoms with Crippen molar-refractivity contribution < 1.29 is 15.2 Å². The molecule has 0 aromatic heterocycles. The average Bonchev–Trinajstić information content (AvgIpc) is 2.43. The summed E-state index contributed by atoms with van der Waals surface area (Å²) in [6.07, 6.45) is 0.509. The van der Waals surface area contributed by atoms with Gasteiger partial charge in [0, 0.05) is 0 Å². The molecule has 5 nitrogen and oxygen atoms in total. The van der Waals surface area contributed by atoms with Crippen molar-refractivity contribution in [3.8, 4) is 0 Å². The molecule has 2 rings (SSSR count). The molecule has 0 fully saturated rings. The molecule has 2 aromatic carbocycles. The van der Waals surface area contributed by atoms with Gasteiger partial charge in [0.05, 0.1) is 6.54 Å². The van der Waals surface area contributed by atoms with Crippen molar-refractivity contribution in [3.05, 3.63) is 48.0 Å². The Morgan fingerprint density at radius 2 is 1.89 bits per heavy atom. The largest absolute Gasteiger partial charge is 0.364 e. The van der Waals surface area contributed by atoms with Crippen LogP contribution in [0.1, 0.15) is 5.56 Å². The average molecular weight is 246 g/mol. The van der Waals surface area contributed by atoms with E-state index in [9.17, 15) is 10.0 Å². The summed E-state index contributed by atoms with van der Waals surface area (Å²) in [4.78, 5) is 10.9. The second-order valence-corrected chi connectivity index (χ2v) is 3.97. The molecule has 0 radical (unpaired) electrons. The zero-order valence-corrected chi connectivity index (χ0v) is 9.71. The summed E-state index contributed by atoms with van der Waals surface area (Å²) in [7, 11) is 0. The van der Waals surface area contributed by atoms with Crippen LogP contribution in [0.4, 0.5) is 4.79 Å². The molecule has 3 N–H and O–H groups in total. The molecule has 0 heterocycles. The van der Waals surface area contributed by atoms with E-state index in [-0.39, 0.29) is 6.54 Å². The van der Waals surface area contributed by atoms with Crippen molar-refractivity contribution in [2.24, 2.45) is 0 Å². The number of nitrogens with zero attached hydrogens (tertiary/aromatic N) is 1. The van der Waals surface area contributed by atoms with Crippen LogP contribution >= 0.6 is 0 Å². The van der Waals surface area contributed by atoms with E-state index in [0.29, 0.717) is 11.5 Å². The van der Waals surface area contributed by atoms with Crippen LogP contribution < -0.4 is 5.48 Å². The Hall–Kier alpha value is -2.11. The van der Waals surface area contributed by atoms with E-state index in [0.717, 1.165) is 16.3 Å². The third-order valence-corrected chi connectivity index (χ3v) is 2.76. The van der Waals surface area contributed by atoms with Gasteiger partial charge in [-0.2, -0.15) is 0 Å². The fourth-order valence-corrected chi connectivity index (χ4v) is 1.79. The van der Waals surface area contributed by atoms with Gasteiger partial charge in [0.1, 0.15) is 0 Å². The predicted octanol–water partition coefficient (Wildman–Crippen LogP) is 2.17. The van der Waals surface area contributed by atoms with Gasteiger partial charge in [0.2, 0.25) is 0 Å². The highest BCUT2D eigenvalue weighted by Crippen LogP contribution is 2.15. The summed E-state index contributed by atoms with van der Waals surface area (Å²) in [6.45, 7) is 0.116. The molecule has 5 heteroatoms. The lowest BCUT2D eigenvalue weighted by Crippen LogP contribution is -2.37. The van der Waals surface area contributed by atoms with Crippen molar-refractivity contribution >= 4 is 16.8 Å². The lowest BCUT2D eigenvalue weighted by molar-refractivity contribution is -0.0542. The summed E-state index contributed by atoms with van der Waals surface area (Å²) in [5.74, 6) is 0. The summed E-state index contributed by atoms with van der Waals surface area (Å²) >= 11 is 0. The van der Waals surface area contributed by atoms with Crippen molar-refractivity contribution in [2.45, 2.75) is 6.42 Å². The molecule has 2 aromatic rings. The lowest BCUT2D eigenvalue weighted by atomic mass is 10.1. The van der Waals surface area contributed by atoms with Crippen LogP contribution in [0.5, 0.6) is 0 Å². The third-order valence-electron chi connectivity index (χ3n) is 2.76. The number of rotatable bonds is 3. The maximum Gasteiger partial charge on any atom is 0.364 e. The van der Waals surface area contributed by atoms with E-state index >= 15 is 0 Å². The van der Waals surface area contributed by atoms with Crippen molar-refractivity contribution in [1.82, 2.24) is 10.5 Å². The van der Waals surface area contributed by atoms with E-state index < -0.39 is 6.03 Å². The molecule has 18 heavy (non-hydrogen) atoms. The van der Waals surface area contributed by atoms with Crippen LogP contribution in [0.25, 0.3) is 10.8 Å². The first kappa shape index (κ1) is 12.3. The van der Waals surface area contributed by atoms with Crippen molar-refractivity contribution in [3.63, 3.8) is 0 Å². The summed E-state index contributed by atoms with van der Waals surface area (Å²) < 4.78 is 0. The minimum absolute atomic E-state index is 0.116. The summed E-state index contributed by atoms with van der Waals surface area (Å²) in [5, 5.41) is 20.3. The van der Waals surface area contributed by atoms with Gasteiger partial charge in [-0.3, -0.25) is 10.4 Å². The molecule has 0 aliphatic heterocycles. The Balaban J connectivity index is 2.06. The number of amides is 2. The van der Waals surface area contributed by atoms with Crippen LogP contribution in [0.2, 0.25) is 0 Å². The quantitative estimate of drug-likeness (QED) is 0.574. The molecular weight excluding hydrogens is 232 g/mol. The minimum Gasteiger partial charge on any atom is -0.287 e. The fraction of sp³-hybridized carbons (Fsp3) is 0.154. The van der Waals surface area contributed by atoms with Crippen LogP contribution in [-0.2, 0) is 6.42 Å². The first-order valence-corrected chi connectivity index (χ1v) is 5.59. The fourth-order valence-electron chi connectivity index (χ4n) is 1.79. The monoisotopic (exact) mass is 246 g/mol. The highest BCUT2D eigenvalue weighted by Gasteiger charge is 2.08. The Kier molecular flexibility index (Phi) is 3.76. The van der Waals surface area contributed by atoms with Crippen LogP contribution in [0, 0.1) is 0 Å². The van der Waals surface area contributed by atoms with E-state index in [1.54, 1.807) is 0 Å². The van der Waals surface area contributed by atoms with Gasteiger partial charge in [-0.25, -0.2) is 15.3 Å². The predicted molar refractivity (Wildman–Crippen MR) is 66.5 cm³/mol. The topological polar surface area (TPSA) is 72.8 Å². The third kappa shape index (κ3) is 2.77. The molecule has 0 saturated heterocycles. The Morgan fingerprint density at radius 1 is 1.17 bits per heavy atom. The summed E-state index contributed by atoms with van der Waals surface area (Å²) in [5.41, 5.74) is 2.38. The minimum atomic E-state index is -0.934. The van der Waals surface area contributed by atoms with Crippen molar-refractivity contribution in [1.29, 1.82) is 0 Å². The second-order valence-electron chi connectivity index (χ2n) is 3.97. The lowest BCUT2D eigenvalue weighted by Gasteiger charge is -2.13. The van der Waals surface area contributed by atoms with Gasteiger partial charge in [-0.1, -0.05) is 42.5 Å². The normalized spacial score (nSPS) is 10.3. The van der Waals surface area contributed by atoms with Gasteiger partial charge >= 0.3 is 6.03 Å². The number of hydrogen-bond acceptors (Lipinski definition) is 3. The van der Waals surface area contributed by atoms with Crippen molar-refractivity contribution in [2.75, 3.05) is 6.54 Å². The number of benzene rings is 2. The molecule has 0 saturated carbocycles. The van der Waals surface area contributed by atoms with E-state index in [2.05, 4.69) is 0 Å².